The lowest BCUT2D eigenvalue weighted by Crippen LogP contribution is -2.29. The highest BCUT2D eigenvalue weighted by Crippen LogP contribution is 2.19. The topological polar surface area (TPSA) is 41.1 Å². The van der Waals surface area contributed by atoms with E-state index in [-0.39, 0.29) is 0 Å². The van der Waals surface area contributed by atoms with Gasteiger partial charge in [0, 0.05) is 19.6 Å². The lowest BCUT2D eigenvalue weighted by atomic mass is 10.1. The van der Waals surface area contributed by atoms with E-state index in [0.717, 1.165) is 18.8 Å². The highest BCUT2D eigenvalue weighted by Gasteiger charge is 2.12. The number of rotatable bonds is 6. The van der Waals surface area contributed by atoms with Crippen LogP contribution in [-0.2, 0) is 6.54 Å². The molecule has 1 aromatic heterocycles. The van der Waals surface area contributed by atoms with E-state index in [1.54, 1.807) is 0 Å². The number of nitrogens with zero attached hydrogens (tertiary/aromatic N) is 3. The van der Waals surface area contributed by atoms with E-state index in [4.69, 9.17) is 0 Å². The van der Waals surface area contributed by atoms with Gasteiger partial charge in [-0.05, 0) is 43.4 Å². The Morgan fingerprint density at radius 1 is 1.35 bits per heavy atom. The van der Waals surface area contributed by atoms with Crippen molar-refractivity contribution in [2.75, 3.05) is 26.2 Å². The first-order chi connectivity index (χ1) is 8.27. The van der Waals surface area contributed by atoms with Gasteiger partial charge in [-0.1, -0.05) is 18.3 Å². The summed E-state index contributed by atoms with van der Waals surface area (Å²) in [5, 5.41) is 7.69. The van der Waals surface area contributed by atoms with Gasteiger partial charge < -0.3 is 10.2 Å². The number of hydrogen-bond donors (Lipinski definition) is 1. The quantitative estimate of drug-likeness (QED) is 0.787. The van der Waals surface area contributed by atoms with Crippen molar-refractivity contribution in [3.8, 4) is 0 Å². The summed E-state index contributed by atoms with van der Waals surface area (Å²) in [6.07, 6.45) is 2.74. The average Bonchev–Trinajstić information content (AvgIpc) is 2.95. The van der Waals surface area contributed by atoms with Gasteiger partial charge in [-0.2, -0.15) is 0 Å². The number of nitrogens with one attached hydrogen (secondary N) is 1. The molecule has 0 radical (unpaired) electrons. The van der Waals surface area contributed by atoms with E-state index in [1.807, 2.05) is 0 Å². The molecule has 0 aromatic carbocycles. The van der Waals surface area contributed by atoms with Crippen LogP contribution >= 0.6 is 11.5 Å². The molecule has 0 saturated carbocycles. The molecule has 17 heavy (non-hydrogen) atoms. The third-order valence-corrected chi connectivity index (χ3v) is 3.96. The van der Waals surface area contributed by atoms with Gasteiger partial charge in [0.2, 0.25) is 0 Å². The molecule has 1 aliphatic heterocycles. The lowest BCUT2D eigenvalue weighted by molar-refractivity contribution is 0.336. The van der Waals surface area contributed by atoms with Crippen LogP contribution in [0, 0.1) is 0 Å². The summed E-state index contributed by atoms with van der Waals surface area (Å²) < 4.78 is 4.04. The van der Waals surface area contributed by atoms with Gasteiger partial charge in [-0.15, -0.1) is 5.10 Å². The fourth-order valence-electron chi connectivity index (χ4n) is 2.22. The molecule has 0 bridgehead atoms. The van der Waals surface area contributed by atoms with E-state index in [0.29, 0.717) is 5.92 Å². The fraction of sp³-hybridized carbons (Fsp3) is 0.833. The molecule has 0 atom stereocenters. The van der Waals surface area contributed by atoms with Crippen LogP contribution in [0.1, 0.15) is 43.2 Å². The fourth-order valence-corrected chi connectivity index (χ4v) is 2.99. The maximum atomic E-state index is 4.19. The molecule has 0 amide bonds. The van der Waals surface area contributed by atoms with Gasteiger partial charge in [0.1, 0.15) is 0 Å². The molecule has 2 rings (SSSR count). The second-order valence-corrected chi connectivity index (χ2v) is 5.80. The van der Waals surface area contributed by atoms with E-state index < -0.39 is 0 Å². The Labute approximate surface area is 108 Å². The van der Waals surface area contributed by atoms with Crippen LogP contribution in [0.5, 0.6) is 0 Å². The minimum atomic E-state index is 0.476. The molecular formula is C12H22N4S. The van der Waals surface area contributed by atoms with Crippen LogP contribution in [0.25, 0.3) is 0 Å². The Hall–Kier alpha value is -0.520. The third kappa shape index (κ3) is 3.72. The van der Waals surface area contributed by atoms with Gasteiger partial charge in [0.15, 0.2) is 0 Å². The predicted octanol–water partition coefficient (Wildman–Crippen LogP) is 1.85. The van der Waals surface area contributed by atoms with Crippen molar-refractivity contribution in [2.24, 2.45) is 0 Å². The molecule has 4 nitrogen and oxygen atoms in total. The number of likely N-dealkylation sites (tertiary alicyclic amines) is 1. The summed E-state index contributed by atoms with van der Waals surface area (Å²) in [7, 11) is 0. The maximum absolute atomic E-state index is 4.19. The first kappa shape index (κ1) is 12.9. The first-order valence-electron chi connectivity index (χ1n) is 6.51. The molecule has 0 aliphatic carbocycles. The van der Waals surface area contributed by atoms with Crippen LogP contribution in [0.15, 0.2) is 0 Å². The van der Waals surface area contributed by atoms with Gasteiger partial charge in [-0.25, -0.2) is 0 Å². The lowest BCUT2D eigenvalue weighted by Gasteiger charge is -2.14. The van der Waals surface area contributed by atoms with E-state index in [9.17, 15) is 0 Å². The minimum absolute atomic E-state index is 0.476. The van der Waals surface area contributed by atoms with Crippen molar-refractivity contribution in [2.45, 2.75) is 39.2 Å². The Kier molecular flexibility index (Phi) is 4.88. The second-order valence-electron chi connectivity index (χ2n) is 4.96. The molecule has 1 N–H and O–H groups in total. The minimum Gasteiger partial charge on any atom is -0.310 e. The van der Waals surface area contributed by atoms with E-state index in [2.05, 4.69) is 33.7 Å². The highest BCUT2D eigenvalue weighted by molar-refractivity contribution is 7.05. The SMILES string of the molecule is CC(C)c1nnsc1CNCCN1CCCC1. The molecule has 1 aliphatic rings. The number of hydrogen-bond acceptors (Lipinski definition) is 5. The van der Waals surface area contributed by atoms with Gasteiger partial charge >= 0.3 is 0 Å². The third-order valence-electron chi connectivity index (χ3n) is 3.22. The standard InChI is InChI=1S/C12H22N4S/c1-10(2)12-11(17-15-14-12)9-13-5-8-16-6-3-4-7-16/h10,13H,3-9H2,1-2H3. The summed E-state index contributed by atoms with van der Waals surface area (Å²) in [6.45, 7) is 10.1. The zero-order valence-corrected chi connectivity index (χ0v) is 11.6. The van der Waals surface area contributed by atoms with Crippen molar-refractivity contribution in [3.05, 3.63) is 10.6 Å². The Morgan fingerprint density at radius 2 is 2.12 bits per heavy atom. The summed E-state index contributed by atoms with van der Waals surface area (Å²) in [5.74, 6) is 0.476. The molecule has 5 heteroatoms. The molecule has 1 aromatic rings. The molecule has 0 spiro atoms. The molecule has 1 fully saturated rings. The Morgan fingerprint density at radius 3 is 2.82 bits per heavy atom. The van der Waals surface area contributed by atoms with Gasteiger partial charge in [0.05, 0.1) is 10.6 Å². The van der Waals surface area contributed by atoms with Crippen LogP contribution in [-0.4, -0.2) is 40.7 Å². The second kappa shape index (κ2) is 6.42. The molecule has 96 valence electrons. The molecular weight excluding hydrogens is 232 g/mol. The summed E-state index contributed by atoms with van der Waals surface area (Å²) in [4.78, 5) is 3.82. The molecule has 0 unspecified atom stereocenters. The normalized spacial score (nSPS) is 17.1. The maximum Gasteiger partial charge on any atom is 0.0826 e. The van der Waals surface area contributed by atoms with Crippen molar-refractivity contribution < 1.29 is 0 Å². The Balaban J connectivity index is 1.68. The van der Waals surface area contributed by atoms with Gasteiger partial charge in [-0.3, -0.25) is 0 Å². The largest absolute Gasteiger partial charge is 0.310 e. The highest BCUT2D eigenvalue weighted by atomic mass is 32.1. The summed E-state index contributed by atoms with van der Waals surface area (Å²) >= 11 is 1.52. The number of aromatic nitrogens is 2. The zero-order chi connectivity index (χ0) is 12.1. The van der Waals surface area contributed by atoms with Crippen molar-refractivity contribution >= 4 is 11.5 Å². The summed E-state index contributed by atoms with van der Waals surface area (Å²) in [5.41, 5.74) is 1.16. The van der Waals surface area contributed by atoms with Crippen LogP contribution in [0.2, 0.25) is 0 Å². The van der Waals surface area contributed by atoms with Crippen molar-refractivity contribution in [3.63, 3.8) is 0 Å². The smallest absolute Gasteiger partial charge is 0.0826 e. The van der Waals surface area contributed by atoms with Crippen LogP contribution in [0.4, 0.5) is 0 Å². The van der Waals surface area contributed by atoms with Crippen LogP contribution in [0.3, 0.4) is 0 Å². The average molecular weight is 254 g/mol. The summed E-state index contributed by atoms with van der Waals surface area (Å²) in [6, 6.07) is 0. The van der Waals surface area contributed by atoms with E-state index >= 15 is 0 Å². The van der Waals surface area contributed by atoms with Crippen molar-refractivity contribution in [1.29, 1.82) is 0 Å². The van der Waals surface area contributed by atoms with E-state index in [1.165, 1.54) is 48.9 Å². The Bertz CT molecular complexity index is 331. The van der Waals surface area contributed by atoms with Gasteiger partial charge in [0.25, 0.3) is 0 Å². The molecule has 2 heterocycles. The first-order valence-corrected chi connectivity index (χ1v) is 7.29. The molecule has 1 saturated heterocycles. The van der Waals surface area contributed by atoms with Crippen LogP contribution < -0.4 is 5.32 Å². The predicted molar refractivity (Wildman–Crippen MR) is 71.4 cm³/mol. The zero-order valence-electron chi connectivity index (χ0n) is 10.8. The monoisotopic (exact) mass is 254 g/mol. The van der Waals surface area contributed by atoms with Crippen molar-refractivity contribution in [1.82, 2.24) is 19.8 Å².